The van der Waals surface area contributed by atoms with E-state index in [1.807, 2.05) is 50.1 Å². The van der Waals surface area contributed by atoms with Crippen LogP contribution >= 0.6 is 0 Å². The van der Waals surface area contributed by atoms with Crippen molar-refractivity contribution in [3.05, 3.63) is 24.3 Å². The molecule has 0 heterocycles. The van der Waals surface area contributed by atoms with Gasteiger partial charge in [-0.15, -0.1) is 0 Å². The molecule has 0 unspecified atom stereocenters. The summed E-state index contributed by atoms with van der Waals surface area (Å²) in [7, 11) is 1.93. The molecule has 1 fully saturated rings. The fourth-order valence-corrected chi connectivity index (χ4v) is 2.94. The number of carbonyl (C=O) groups excluding carboxylic acids is 1. The molecule has 1 aliphatic rings. The minimum Gasteiger partial charge on any atom is -0.489 e. The standard InChI is InChI=1S/C18H28N2O2/c1-14(2)22-17-12-8-7-11-16(17)19-13-18(21)20(3)15-9-5-4-6-10-15/h7-8,11-12,14-15,19H,4-6,9-10,13H2,1-3H3. The number of amides is 1. The van der Waals surface area contributed by atoms with Crippen molar-refractivity contribution in [3.63, 3.8) is 0 Å². The van der Waals surface area contributed by atoms with Crippen molar-refractivity contribution in [2.75, 3.05) is 18.9 Å². The minimum atomic E-state index is 0.114. The van der Waals surface area contributed by atoms with Gasteiger partial charge in [0, 0.05) is 13.1 Å². The first-order valence-electron chi connectivity index (χ1n) is 8.33. The maximum atomic E-state index is 12.4. The van der Waals surface area contributed by atoms with Gasteiger partial charge in [-0.2, -0.15) is 0 Å². The van der Waals surface area contributed by atoms with Crippen molar-refractivity contribution in [3.8, 4) is 5.75 Å². The molecule has 1 aliphatic carbocycles. The zero-order valence-electron chi connectivity index (χ0n) is 14.0. The molecule has 0 atom stereocenters. The van der Waals surface area contributed by atoms with Gasteiger partial charge in [-0.25, -0.2) is 0 Å². The Morgan fingerprint density at radius 3 is 2.64 bits per heavy atom. The average Bonchev–Trinajstić information content (AvgIpc) is 2.53. The Labute approximate surface area is 133 Å². The van der Waals surface area contributed by atoms with Crippen LogP contribution in [0.15, 0.2) is 24.3 Å². The molecule has 1 aromatic carbocycles. The first kappa shape index (κ1) is 16.7. The van der Waals surface area contributed by atoms with Gasteiger partial charge in [0.25, 0.3) is 0 Å². The van der Waals surface area contributed by atoms with Crippen LogP contribution in [0.2, 0.25) is 0 Å². The van der Waals surface area contributed by atoms with Crippen LogP contribution in [0, 0.1) is 0 Å². The Morgan fingerprint density at radius 2 is 1.95 bits per heavy atom. The number of anilines is 1. The third-order valence-electron chi connectivity index (χ3n) is 4.20. The van der Waals surface area contributed by atoms with Crippen LogP contribution in [0.1, 0.15) is 46.0 Å². The first-order valence-corrected chi connectivity index (χ1v) is 8.33. The summed E-state index contributed by atoms with van der Waals surface area (Å²) in [4.78, 5) is 14.3. The highest BCUT2D eigenvalue weighted by Gasteiger charge is 2.21. The molecule has 1 N–H and O–H groups in total. The maximum Gasteiger partial charge on any atom is 0.241 e. The number of benzene rings is 1. The topological polar surface area (TPSA) is 41.6 Å². The van der Waals surface area contributed by atoms with Crippen LogP contribution in [0.3, 0.4) is 0 Å². The summed E-state index contributed by atoms with van der Waals surface area (Å²) in [6, 6.07) is 8.18. The van der Waals surface area contributed by atoms with Gasteiger partial charge in [0.05, 0.1) is 18.3 Å². The summed E-state index contributed by atoms with van der Waals surface area (Å²) < 4.78 is 5.77. The van der Waals surface area contributed by atoms with Crippen LogP contribution in [-0.4, -0.2) is 36.5 Å². The molecule has 0 radical (unpaired) electrons. The van der Waals surface area contributed by atoms with Crippen molar-refractivity contribution < 1.29 is 9.53 Å². The van der Waals surface area contributed by atoms with E-state index in [1.54, 1.807) is 0 Å². The van der Waals surface area contributed by atoms with Crippen molar-refractivity contribution in [2.24, 2.45) is 0 Å². The molecule has 4 heteroatoms. The third-order valence-corrected chi connectivity index (χ3v) is 4.20. The number of hydrogen-bond donors (Lipinski definition) is 1. The summed E-state index contributed by atoms with van der Waals surface area (Å²) in [6.07, 6.45) is 6.16. The molecule has 22 heavy (non-hydrogen) atoms. The number of likely N-dealkylation sites (N-methyl/N-ethyl adjacent to an activating group) is 1. The second kappa shape index (κ2) is 8.06. The quantitative estimate of drug-likeness (QED) is 0.871. The second-order valence-electron chi connectivity index (χ2n) is 6.31. The summed E-state index contributed by atoms with van der Waals surface area (Å²) in [5, 5.41) is 3.22. The zero-order chi connectivity index (χ0) is 15.9. The van der Waals surface area contributed by atoms with Gasteiger partial charge in [-0.1, -0.05) is 31.4 Å². The zero-order valence-corrected chi connectivity index (χ0v) is 14.0. The predicted octanol–water partition coefficient (Wildman–Crippen LogP) is 3.68. The van der Waals surface area contributed by atoms with Crippen LogP contribution in [-0.2, 0) is 4.79 Å². The lowest BCUT2D eigenvalue weighted by atomic mass is 9.94. The third kappa shape index (κ3) is 4.65. The second-order valence-corrected chi connectivity index (χ2v) is 6.31. The van der Waals surface area contributed by atoms with E-state index >= 15 is 0 Å². The van der Waals surface area contributed by atoms with Crippen molar-refractivity contribution in [1.29, 1.82) is 0 Å². The molecule has 1 aromatic rings. The smallest absolute Gasteiger partial charge is 0.241 e. The number of ether oxygens (including phenoxy) is 1. The van der Waals surface area contributed by atoms with Crippen LogP contribution in [0.25, 0.3) is 0 Å². The van der Waals surface area contributed by atoms with Crippen LogP contribution in [0.5, 0.6) is 5.75 Å². The maximum absolute atomic E-state index is 12.4. The van der Waals surface area contributed by atoms with E-state index in [4.69, 9.17) is 4.74 Å². The van der Waals surface area contributed by atoms with Gasteiger partial charge in [-0.3, -0.25) is 4.79 Å². The Balaban J connectivity index is 1.90. The first-order chi connectivity index (χ1) is 10.6. The number of carbonyl (C=O) groups is 1. The lowest BCUT2D eigenvalue weighted by Crippen LogP contribution is -2.41. The number of nitrogens with one attached hydrogen (secondary N) is 1. The monoisotopic (exact) mass is 304 g/mol. The van der Waals surface area contributed by atoms with E-state index in [-0.39, 0.29) is 12.0 Å². The fraction of sp³-hybridized carbons (Fsp3) is 0.611. The summed E-state index contributed by atoms with van der Waals surface area (Å²) >= 11 is 0. The van der Waals surface area contributed by atoms with E-state index in [2.05, 4.69) is 5.32 Å². The Morgan fingerprint density at radius 1 is 1.27 bits per heavy atom. The highest BCUT2D eigenvalue weighted by atomic mass is 16.5. The Kier molecular flexibility index (Phi) is 6.10. The minimum absolute atomic E-state index is 0.114. The molecule has 2 rings (SSSR count). The average molecular weight is 304 g/mol. The Hall–Kier alpha value is -1.71. The van der Waals surface area contributed by atoms with Gasteiger partial charge in [0.2, 0.25) is 5.91 Å². The van der Waals surface area contributed by atoms with Gasteiger partial charge < -0.3 is 15.0 Å². The fourth-order valence-electron chi connectivity index (χ4n) is 2.94. The molecule has 0 aromatic heterocycles. The molecule has 1 amide bonds. The van der Waals surface area contributed by atoms with E-state index in [9.17, 15) is 4.79 Å². The van der Waals surface area contributed by atoms with Crippen LogP contribution < -0.4 is 10.1 Å². The van der Waals surface area contributed by atoms with Gasteiger partial charge in [0.1, 0.15) is 5.75 Å². The molecule has 1 saturated carbocycles. The normalized spacial score (nSPS) is 15.6. The summed E-state index contributed by atoms with van der Waals surface area (Å²) in [5.74, 6) is 0.942. The van der Waals surface area contributed by atoms with Crippen molar-refractivity contribution >= 4 is 11.6 Å². The molecule has 0 aliphatic heterocycles. The molecule has 0 spiro atoms. The predicted molar refractivity (Wildman–Crippen MR) is 90.3 cm³/mol. The van der Waals surface area contributed by atoms with Crippen molar-refractivity contribution in [1.82, 2.24) is 4.90 Å². The molecule has 0 bridgehead atoms. The van der Waals surface area contributed by atoms with Crippen LogP contribution in [0.4, 0.5) is 5.69 Å². The molecular weight excluding hydrogens is 276 g/mol. The number of nitrogens with zero attached hydrogens (tertiary/aromatic N) is 1. The van der Waals surface area contributed by atoms with E-state index < -0.39 is 0 Å². The Bertz CT molecular complexity index is 482. The number of para-hydroxylation sites is 2. The summed E-state index contributed by atoms with van der Waals surface area (Å²) in [5.41, 5.74) is 0.876. The number of hydrogen-bond acceptors (Lipinski definition) is 3. The van der Waals surface area contributed by atoms with E-state index in [0.717, 1.165) is 24.3 Å². The highest BCUT2D eigenvalue weighted by molar-refractivity contribution is 5.81. The molecular formula is C18H28N2O2. The number of rotatable bonds is 6. The molecule has 122 valence electrons. The van der Waals surface area contributed by atoms with Gasteiger partial charge in [-0.05, 0) is 38.8 Å². The highest BCUT2D eigenvalue weighted by Crippen LogP contribution is 2.25. The lowest BCUT2D eigenvalue weighted by Gasteiger charge is -2.31. The van der Waals surface area contributed by atoms with E-state index in [1.165, 1.54) is 19.3 Å². The largest absolute Gasteiger partial charge is 0.489 e. The van der Waals surface area contributed by atoms with Gasteiger partial charge >= 0.3 is 0 Å². The SMILES string of the molecule is CC(C)Oc1ccccc1NCC(=O)N(C)C1CCCCC1. The lowest BCUT2D eigenvalue weighted by molar-refractivity contribution is -0.130. The van der Waals surface area contributed by atoms with Crippen molar-refractivity contribution in [2.45, 2.75) is 58.1 Å². The van der Waals surface area contributed by atoms with Gasteiger partial charge in [0.15, 0.2) is 0 Å². The summed E-state index contributed by atoms with van der Waals surface area (Å²) in [6.45, 7) is 4.31. The molecule has 0 saturated heterocycles. The van der Waals surface area contributed by atoms with E-state index in [0.29, 0.717) is 12.6 Å². The molecule has 4 nitrogen and oxygen atoms in total.